The van der Waals surface area contributed by atoms with Crippen molar-refractivity contribution in [3.05, 3.63) is 0 Å². The van der Waals surface area contributed by atoms with Gasteiger partial charge in [0.1, 0.15) is 19.3 Å². The first-order valence-corrected chi connectivity index (χ1v) is 32.7. The number of hydrogen-bond acceptors (Lipinski definition) is 15. The van der Waals surface area contributed by atoms with Gasteiger partial charge in [0.25, 0.3) is 0 Å². The highest BCUT2D eigenvalue weighted by molar-refractivity contribution is 7.47. The lowest BCUT2D eigenvalue weighted by molar-refractivity contribution is -0.161. The third-order valence-corrected chi connectivity index (χ3v) is 15.0. The van der Waals surface area contributed by atoms with Gasteiger partial charge in [-0.05, 0) is 31.6 Å². The molecule has 0 aliphatic carbocycles. The molecule has 0 saturated heterocycles. The fourth-order valence-corrected chi connectivity index (χ4v) is 9.71. The summed E-state index contributed by atoms with van der Waals surface area (Å²) in [5, 5.41) is 10.4. The van der Waals surface area contributed by atoms with E-state index in [2.05, 4.69) is 34.6 Å². The van der Waals surface area contributed by atoms with Gasteiger partial charge < -0.3 is 33.8 Å². The molecule has 0 fully saturated rings. The van der Waals surface area contributed by atoms with E-state index < -0.39 is 97.5 Å². The van der Waals surface area contributed by atoms with Crippen molar-refractivity contribution in [1.29, 1.82) is 0 Å². The largest absolute Gasteiger partial charge is 0.472 e. The summed E-state index contributed by atoms with van der Waals surface area (Å²) in [6.07, 6.45) is 31.1. The molecule has 0 aromatic heterocycles. The second-order valence-corrected chi connectivity index (χ2v) is 23.5. The van der Waals surface area contributed by atoms with Gasteiger partial charge in [-0.3, -0.25) is 37.3 Å². The van der Waals surface area contributed by atoms with Gasteiger partial charge >= 0.3 is 39.5 Å². The second kappa shape index (κ2) is 50.3. The molecule has 0 saturated carbocycles. The first-order valence-electron chi connectivity index (χ1n) is 29.7. The molecule has 0 rings (SSSR count). The molecule has 19 heteroatoms. The molecule has 0 heterocycles. The van der Waals surface area contributed by atoms with Crippen LogP contribution in [0.4, 0.5) is 0 Å². The molecule has 17 nitrogen and oxygen atoms in total. The number of aliphatic hydroxyl groups is 1. The van der Waals surface area contributed by atoms with Crippen LogP contribution in [0.15, 0.2) is 0 Å². The summed E-state index contributed by atoms with van der Waals surface area (Å²) in [4.78, 5) is 71.4. The summed E-state index contributed by atoms with van der Waals surface area (Å²) < 4.78 is 67.3. The molecule has 0 radical (unpaired) electrons. The van der Waals surface area contributed by atoms with Gasteiger partial charge in [-0.25, -0.2) is 9.13 Å². The highest BCUT2D eigenvalue weighted by Gasteiger charge is 2.30. The predicted molar refractivity (Wildman–Crippen MR) is 294 cm³/mol. The maximum atomic E-state index is 12.9. The van der Waals surface area contributed by atoms with E-state index in [-0.39, 0.29) is 25.7 Å². The van der Waals surface area contributed by atoms with Crippen LogP contribution in [0.2, 0.25) is 0 Å². The highest BCUT2D eigenvalue weighted by atomic mass is 31.2. The molecule has 0 amide bonds. The summed E-state index contributed by atoms with van der Waals surface area (Å²) in [6, 6.07) is 0. The Bertz CT molecular complexity index is 1490. The Hall–Kier alpha value is -1.94. The lowest BCUT2D eigenvalue weighted by Crippen LogP contribution is -2.30. The normalized spacial score (nSPS) is 14.8. The Morgan fingerprint density at radius 3 is 0.947 bits per heavy atom. The molecule has 0 aliphatic heterocycles. The van der Waals surface area contributed by atoms with Gasteiger partial charge in [0, 0.05) is 25.7 Å². The van der Waals surface area contributed by atoms with E-state index >= 15 is 0 Å². The maximum absolute atomic E-state index is 12.9. The molecule has 0 aliphatic rings. The van der Waals surface area contributed by atoms with Crippen LogP contribution in [0.3, 0.4) is 0 Å². The van der Waals surface area contributed by atoms with Crippen molar-refractivity contribution in [2.24, 2.45) is 5.92 Å². The number of rotatable bonds is 56. The van der Waals surface area contributed by atoms with Crippen LogP contribution in [0.5, 0.6) is 0 Å². The Morgan fingerprint density at radius 2 is 0.640 bits per heavy atom. The number of aliphatic hydroxyl groups excluding tert-OH is 1. The molecule has 0 bridgehead atoms. The Labute approximate surface area is 454 Å². The minimum atomic E-state index is -4.93. The molecule has 0 aromatic carbocycles. The van der Waals surface area contributed by atoms with Crippen LogP contribution in [0, 0.1) is 5.92 Å². The lowest BCUT2D eigenvalue weighted by atomic mass is 9.99. The van der Waals surface area contributed by atoms with Crippen molar-refractivity contribution < 1.29 is 80.2 Å². The van der Waals surface area contributed by atoms with Gasteiger partial charge in [-0.15, -0.1) is 0 Å². The fourth-order valence-electron chi connectivity index (χ4n) is 8.14. The number of unbranched alkanes of at least 4 members (excludes halogenated alkanes) is 27. The van der Waals surface area contributed by atoms with E-state index in [0.717, 1.165) is 115 Å². The van der Waals surface area contributed by atoms with Crippen molar-refractivity contribution in [1.82, 2.24) is 0 Å². The molecule has 444 valence electrons. The van der Waals surface area contributed by atoms with Gasteiger partial charge in [0.05, 0.1) is 26.4 Å². The zero-order valence-corrected chi connectivity index (χ0v) is 49.5. The zero-order valence-electron chi connectivity index (χ0n) is 47.7. The van der Waals surface area contributed by atoms with Gasteiger partial charge in [0.2, 0.25) is 0 Å². The van der Waals surface area contributed by atoms with E-state index in [1.807, 2.05) is 0 Å². The number of phosphoric ester groups is 2. The van der Waals surface area contributed by atoms with Gasteiger partial charge in [-0.1, -0.05) is 221 Å². The Kier molecular flexibility index (Phi) is 49.0. The van der Waals surface area contributed by atoms with Crippen molar-refractivity contribution >= 4 is 39.5 Å². The van der Waals surface area contributed by atoms with Crippen LogP contribution in [-0.2, 0) is 65.4 Å². The zero-order chi connectivity index (χ0) is 55.7. The summed E-state index contributed by atoms with van der Waals surface area (Å²) in [7, 11) is -9.85. The van der Waals surface area contributed by atoms with Crippen LogP contribution in [-0.4, -0.2) is 96.7 Å². The van der Waals surface area contributed by atoms with Gasteiger partial charge in [-0.2, -0.15) is 0 Å². The third-order valence-electron chi connectivity index (χ3n) is 13.1. The minimum Gasteiger partial charge on any atom is -0.462 e. The molecule has 75 heavy (non-hydrogen) atoms. The summed E-state index contributed by atoms with van der Waals surface area (Å²) in [6.45, 7) is 7.01. The number of hydrogen-bond donors (Lipinski definition) is 3. The highest BCUT2D eigenvalue weighted by Crippen LogP contribution is 2.45. The SMILES string of the molecule is CCCCCCCCCCCC(=O)OC[C@H](COP(=O)(O)OC[C@@H](O)COP(=O)(O)OC[C@@H](COC(=O)CCCCCCC)OC(=O)CCCCCCCCC)OC(=O)CCCCCCCCCCCCC(C)CC. The summed E-state index contributed by atoms with van der Waals surface area (Å²) in [5.74, 6) is -1.36. The predicted octanol–water partition coefficient (Wildman–Crippen LogP) is 14.7. The molecule has 0 aromatic rings. The molecule has 6 atom stereocenters. The molecular formula is C56H108O17P2. The van der Waals surface area contributed by atoms with Gasteiger partial charge in [0.15, 0.2) is 12.2 Å². The average Bonchev–Trinajstić information content (AvgIpc) is 3.38. The van der Waals surface area contributed by atoms with E-state index in [0.29, 0.717) is 25.7 Å². The summed E-state index contributed by atoms with van der Waals surface area (Å²) >= 11 is 0. The number of esters is 4. The number of carbonyl (C=O) groups excluding carboxylic acids is 4. The maximum Gasteiger partial charge on any atom is 0.472 e. The van der Waals surface area contributed by atoms with Crippen LogP contribution >= 0.6 is 15.6 Å². The Morgan fingerprint density at radius 1 is 0.373 bits per heavy atom. The van der Waals surface area contributed by atoms with E-state index in [1.165, 1.54) is 77.0 Å². The quantitative estimate of drug-likeness (QED) is 0.0222. The topological polar surface area (TPSA) is 237 Å². The number of carbonyl (C=O) groups is 4. The average molecular weight is 1120 g/mol. The summed E-state index contributed by atoms with van der Waals surface area (Å²) in [5.41, 5.74) is 0. The first kappa shape index (κ1) is 73.1. The van der Waals surface area contributed by atoms with Crippen molar-refractivity contribution in [3.63, 3.8) is 0 Å². The van der Waals surface area contributed by atoms with Crippen molar-refractivity contribution in [3.8, 4) is 0 Å². The van der Waals surface area contributed by atoms with Crippen molar-refractivity contribution in [2.75, 3.05) is 39.6 Å². The smallest absolute Gasteiger partial charge is 0.462 e. The third kappa shape index (κ3) is 50.1. The first-order chi connectivity index (χ1) is 36.1. The van der Waals surface area contributed by atoms with Crippen molar-refractivity contribution in [2.45, 2.75) is 291 Å². The van der Waals surface area contributed by atoms with Crippen LogP contribution < -0.4 is 0 Å². The minimum absolute atomic E-state index is 0.103. The second-order valence-electron chi connectivity index (χ2n) is 20.6. The van der Waals surface area contributed by atoms with E-state index in [1.54, 1.807) is 0 Å². The van der Waals surface area contributed by atoms with E-state index in [9.17, 15) is 43.2 Å². The van der Waals surface area contributed by atoms with Crippen LogP contribution in [0.1, 0.15) is 272 Å². The standard InChI is InChI=1S/C56H108O17P2/c1-6-10-13-16-18-21-26-30-35-40-54(59)67-46-52(73-56(61)42-37-32-27-23-20-19-22-25-29-33-38-49(5)9-4)48-71-75(64,65)69-44-50(57)43-68-74(62,63)70-47-51(45-66-53(58)39-34-28-15-12-8-3)72-55(60)41-36-31-24-17-14-11-7-2/h49-52,57H,6-48H2,1-5H3,(H,62,63)(H,64,65)/t49?,50-,51+,52+/m0/s1. The number of ether oxygens (including phenoxy) is 4. The van der Waals surface area contributed by atoms with Crippen LogP contribution in [0.25, 0.3) is 0 Å². The Balaban J connectivity index is 5.16. The molecule has 0 spiro atoms. The molecular weight excluding hydrogens is 1010 g/mol. The number of phosphoric acid groups is 2. The fraction of sp³-hybridized carbons (Fsp3) is 0.929. The van der Waals surface area contributed by atoms with E-state index in [4.69, 9.17) is 37.0 Å². The molecule has 3 N–H and O–H groups in total. The monoisotopic (exact) mass is 1110 g/mol. The lowest BCUT2D eigenvalue weighted by Gasteiger charge is -2.21. The molecule has 3 unspecified atom stereocenters.